The number of benzene rings is 1. The molecule has 0 bridgehead atoms. The smallest absolute Gasteiger partial charge is 0.325 e. The van der Waals surface area contributed by atoms with Gasteiger partial charge in [0.15, 0.2) is 0 Å². The lowest BCUT2D eigenvalue weighted by Gasteiger charge is -2.17. The molecule has 0 amide bonds. The lowest BCUT2D eigenvalue weighted by molar-refractivity contribution is -0.147. The minimum Gasteiger partial charge on any atom is -0.465 e. The van der Waals surface area contributed by atoms with Crippen LogP contribution in [0, 0.1) is 0 Å². The third kappa shape index (κ3) is 7.22. The van der Waals surface area contributed by atoms with Gasteiger partial charge in [-0.1, -0.05) is 30.3 Å². The van der Waals surface area contributed by atoms with Crippen molar-refractivity contribution in [3.8, 4) is 0 Å². The van der Waals surface area contributed by atoms with Crippen LogP contribution in [0.5, 0.6) is 0 Å². The predicted octanol–water partition coefficient (Wildman–Crippen LogP) is 1.62. The van der Waals surface area contributed by atoms with E-state index in [0.717, 1.165) is 18.4 Å². The van der Waals surface area contributed by atoms with Crippen molar-refractivity contribution in [1.29, 1.82) is 0 Å². The number of aliphatic hydroxyl groups excluding tert-OH is 1. The zero-order valence-electron chi connectivity index (χ0n) is 12.5. The van der Waals surface area contributed by atoms with Gasteiger partial charge in [-0.2, -0.15) is 0 Å². The Kier molecular flexibility index (Phi) is 8.66. The lowest BCUT2D eigenvalue weighted by atomic mass is 10.1. The number of hydrogen-bond donors (Lipinski definition) is 2. The summed E-state index contributed by atoms with van der Waals surface area (Å²) in [5.41, 5.74) is 6.75. The van der Waals surface area contributed by atoms with Crippen molar-refractivity contribution in [3.05, 3.63) is 35.9 Å². The van der Waals surface area contributed by atoms with Gasteiger partial charge in [0, 0.05) is 6.61 Å². The van der Waals surface area contributed by atoms with Gasteiger partial charge in [-0.3, -0.25) is 4.79 Å². The molecule has 0 aliphatic heterocycles. The molecule has 1 aromatic rings. The van der Waals surface area contributed by atoms with E-state index < -0.39 is 18.1 Å². The van der Waals surface area contributed by atoms with Crippen LogP contribution in [-0.4, -0.2) is 36.4 Å². The highest BCUT2D eigenvalue weighted by molar-refractivity contribution is 5.76. The number of ether oxygens (including phenoxy) is 2. The van der Waals surface area contributed by atoms with E-state index in [-0.39, 0.29) is 6.61 Å². The molecule has 0 spiro atoms. The highest BCUT2D eigenvalue weighted by atomic mass is 16.5. The Bertz CT molecular complexity index is 397. The van der Waals surface area contributed by atoms with Crippen LogP contribution in [0.25, 0.3) is 0 Å². The summed E-state index contributed by atoms with van der Waals surface area (Å²) in [6.07, 6.45) is 1.18. The van der Waals surface area contributed by atoms with Crippen LogP contribution in [-0.2, 0) is 20.9 Å². The topological polar surface area (TPSA) is 81.8 Å². The summed E-state index contributed by atoms with van der Waals surface area (Å²) >= 11 is 0. The molecule has 5 heteroatoms. The van der Waals surface area contributed by atoms with Gasteiger partial charge in [-0.25, -0.2) is 0 Å². The van der Waals surface area contributed by atoms with Gasteiger partial charge in [0.1, 0.15) is 6.04 Å². The fourth-order valence-electron chi connectivity index (χ4n) is 1.90. The Balaban J connectivity index is 2.07. The lowest BCUT2D eigenvalue weighted by Crippen LogP contribution is -2.43. The Labute approximate surface area is 126 Å². The first-order valence-electron chi connectivity index (χ1n) is 7.37. The molecule has 0 saturated heterocycles. The van der Waals surface area contributed by atoms with Crippen LogP contribution in [0.4, 0.5) is 0 Å². The summed E-state index contributed by atoms with van der Waals surface area (Å²) in [6.45, 7) is 3.19. The summed E-state index contributed by atoms with van der Waals surface area (Å²) in [7, 11) is 0. The molecule has 0 radical (unpaired) electrons. The molecule has 1 aromatic carbocycles. The molecule has 118 valence electrons. The molecule has 3 N–H and O–H groups in total. The number of unbranched alkanes of at least 4 members (excludes halogenated alkanes) is 1. The van der Waals surface area contributed by atoms with Gasteiger partial charge in [-0.15, -0.1) is 0 Å². The fourth-order valence-corrected chi connectivity index (χ4v) is 1.90. The monoisotopic (exact) mass is 295 g/mol. The third-order valence-corrected chi connectivity index (χ3v) is 3.12. The number of hydrogen-bond acceptors (Lipinski definition) is 5. The van der Waals surface area contributed by atoms with Crippen LogP contribution in [0.2, 0.25) is 0 Å². The molecule has 0 heterocycles. The zero-order chi connectivity index (χ0) is 15.5. The van der Waals surface area contributed by atoms with E-state index in [1.165, 1.54) is 0 Å². The van der Waals surface area contributed by atoms with Crippen molar-refractivity contribution in [2.45, 2.75) is 44.9 Å². The number of carbonyl (C=O) groups excluding carboxylic acids is 1. The molecular weight excluding hydrogens is 270 g/mol. The van der Waals surface area contributed by atoms with Crippen LogP contribution >= 0.6 is 0 Å². The molecule has 0 aromatic heterocycles. The Hall–Kier alpha value is -1.43. The van der Waals surface area contributed by atoms with E-state index in [0.29, 0.717) is 19.6 Å². The maximum atomic E-state index is 11.3. The second-order valence-electron chi connectivity index (χ2n) is 4.88. The zero-order valence-corrected chi connectivity index (χ0v) is 12.5. The number of esters is 1. The van der Waals surface area contributed by atoms with Crippen LogP contribution in [0.15, 0.2) is 30.3 Å². The average Bonchev–Trinajstić information content (AvgIpc) is 2.51. The summed E-state index contributed by atoms with van der Waals surface area (Å²) in [6, 6.07) is 9.00. The van der Waals surface area contributed by atoms with Crippen molar-refractivity contribution in [2.24, 2.45) is 5.73 Å². The second-order valence-corrected chi connectivity index (χ2v) is 4.88. The number of carbonyl (C=O) groups is 1. The van der Waals surface area contributed by atoms with Gasteiger partial charge in [0.2, 0.25) is 0 Å². The van der Waals surface area contributed by atoms with Gasteiger partial charge < -0.3 is 20.3 Å². The number of aliphatic hydroxyl groups is 1. The van der Waals surface area contributed by atoms with Gasteiger partial charge in [-0.05, 0) is 31.7 Å². The van der Waals surface area contributed by atoms with E-state index in [2.05, 4.69) is 0 Å². The molecule has 2 atom stereocenters. The van der Waals surface area contributed by atoms with E-state index >= 15 is 0 Å². The average molecular weight is 295 g/mol. The minimum absolute atomic E-state index is 0.270. The van der Waals surface area contributed by atoms with E-state index in [9.17, 15) is 9.90 Å². The SMILES string of the molecule is CCOC(=O)[C@@H](N)[C@@H](O)CCCCOCc1ccccc1. The standard InChI is InChI=1S/C16H25NO4/c1-2-21-16(19)15(17)14(18)10-6-7-11-20-12-13-8-4-3-5-9-13/h3-5,8-9,14-15,18H,2,6-7,10-12,17H2,1H3/t14-,15-/m0/s1. The van der Waals surface area contributed by atoms with Crippen LogP contribution < -0.4 is 5.73 Å². The molecule has 0 saturated carbocycles. The first kappa shape index (κ1) is 17.6. The maximum Gasteiger partial charge on any atom is 0.325 e. The maximum absolute atomic E-state index is 11.3. The van der Waals surface area contributed by atoms with E-state index in [1.807, 2.05) is 30.3 Å². The van der Waals surface area contributed by atoms with Gasteiger partial charge >= 0.3 is 5.97 Å². The normalized spacial score (nSPS) is 13.7. The second kappa shape index (κ2) is 10.3. The third-order valence-electron chi connectivity index (χ3n) is 3.12. The van der Waals surface area contributed by atoms with E-state index in [4.69, 9.17) is 15.2 Å². The molecular formula is C16H25NO4. The molecule has 21 heavy (non-hydrogen) atoms. The summed E-state index contributed by atoms with van der Waals surface area (Å²) in [5, 5.41) is 9.78. The van der Waals surface area contributed by atoms with Crippen molar-refractivity contribution in [1.82, 2.24) is 0 Å². The van der Waals surface area contributed by atoms with Crippen molar-refractivity contribution < 1.29 is 19.4 Å². The molecule has 0 aliphatic carbocycles. The van der Waals surface area contributed by atoms with Crippen molar-refractivity contribution in [2.75, 3.05) is 13.2 Å². The Morgan fingerprint density at radius 3 is 2.67 bits per heavy atom. The summed E-state index contributed by atoms with van der Waals surface area (Å²) in [5.74, 6) is -0.551. The molecule has 1 rings (SSSR count). The summed E-state index contributed by atoms with van der Waals surface area (Å²) in [4.78, 5) is 11.3. The Morgan fingerprint density at radius 1 is 1.29 bits per heavy atom. The first-order valence-corrected chi connectivity index (χ1v) is 7.37. The number of rotatable bonds is 10. The minimum atomic E-state index is -0.963. The molecule has 0 fully saturated rings. The largest absolute Gasteiger partial charge is 0.465 e. The van der Waals surface area contributed by atoms with Crippen LogP contribution in [0.3, 0.4) is 0 Å². The van der Waals surface area contributed by atoms with Crippen molar-refractivity contribution in [3.63, 3.8) is 0 Å². The van der Waals surface area contributed by atoms with E-state index in [1.54, 1.807) is 6.92 Å². The highest BCUT2D eigenvalue weighted by Gasteiger charge is 2.23. The number of nitrogens with two attached hydrogens (primary N) is 1. The summed E-state index contributed by atoms with van der Waals surface area (Å²) < 4.78 is 10.3. The van der Waals surface area contributed by atoms with Crippen LogP contribution in [0.1, 0.15) is 31.7 Å². The van der Waals surface area contributed by atoms with Gasteiger partial charge in [0.05, 0.1) is 19.3 Å². The highest BCUT2D eigenvalue weighted by Crippen LogP contribution is 2.07. The molecule has 0 aliphatic rings. The van der Waals surface area contributed by atoms with Gasteiger partial charge in [0.25, 0.3) is 0 Å². The molecule has 0 unspecified atom stereocenters. The predicted molar refractivity (Wildman–Crippen MR) is 80.6 cm³/mol. The first-order chi connectivity index (χ1) is 10.1. The quantitative estimate of drug-likeness (QED) is 0.506. The molecule has 5 nitrogen and oxygen atoms in total. The Morgan fingerprint density at radius 2 is 2.00 bits per heavy atom. The van der Waals surface area contributed by atoms with Crippen molar-refractivity contribution >= 4 is 5.97 Å². The fraction of sp³-hybridized carbons (Fsp3) is 0.562.